The lowest BCUT2D eigenvalue weighted by atomic mass is 10.2. The number of rotatable bonds is 7. The van der Waals surface area contributed by atoms with Crippen molar-refractivity contribution in [3.63, 3.8) is 0 Å². The molecular formula is C26H31N5O. The van der Waals surface area contributed by atoms with Crippen molar-refractivity contribution in [2.24, 2.45) is 0 Å². The fourth-order valence-corrected chi connectivity index (χ4v) is 3.89. The first-order valence-electron chi connectivity index (χ1n) is 11.2. The van der Waals surface area contributed by atoms with Gasteiger partial charge in [-0.15, -0.1) is 0 Å². The Balaban J connectivity index is 1.26. The molecule has 4 rings (SSSR count). The third-order valence-corrected chi connectivity index (χ3v) is 5.68. The predicted octanol–water partition coefficient (Wildman–Crippen LogP) is 3.76. The van der Waals surface area contributed by atoms with Crippen LogP contribution in [0.5, 0.6) is 0 Å². The van der Waals surface area contributed by atoms with Crippen LogP contribution in [-0.2, 0) is 4.79 Å². The summed E-state index contributed by atoms with van der Waals surface area (Å²) in [7, 11) is 0. The number of nitrogens with one attached hydrogen (secondary N) is 1. The highest BCUT2D eigenvalue weighted by Crippen LogP contribution is 2.18. The topological polar surface area (TPSA) is 53.4 Å². The minimum absolute atomic E-state index is 0.00400. The zero-order valence-corrected chi connectivity index (χ0v) is 18.9. The molecule has 0 bridgehead atoms. The number of carbonyl (C=O) groups excluding carboxylic acids is 1. The Morgan fingerprint density at radius 1 is 0.969 bits per heavy atom. The smallest absolute Gasteiger partial charge is 0.239 e. The van der Waals surface area contributed by atoms with Gasteiger partial charge in [-0.25, -0.2) is 4.68 Å². The van der Waals surface area contributed by atoms with Gasteiger partial charge in [0.15, 0.2) is 0 Å². The number of anilines is 1. The number of aromatic nitrogens is 2. The molecule has 1 amide bonds. The van der Waals surface area contributed by atoms with Gasteiger partial charge in [-0.1, -0.05) is 60.2 Å². The number of nitrogens with zero attached hydrogens (tertiary/aromatic N) is 4. The van der Waals surface area contributed by atoms with Crippen molar-refractivity contribution in [2.45, 2.75) is 13.8 Å². The SMILES string of the molecule is Cc1ccc(-n2nc(C)cc2NC(=O)CN2CCN(C/C=C/c3ccccc3)CC2)cc1. The van der Waals surface area contributed by atoms with Gasteiger partial charge >= 0.3 is 0 Å². The van der Waals surface area contributed by atoms with Gasteiger partial charge < -0.3 is 5.32 Å². The molecule has 0 unspecified atom stereocenters. The molecule has 32 heavy (non-hydrogen) atoms. The highest BCUT2D eigenvalue weighted by molar-refractivity contribution is 5.91. The molecular weight excluding hydrogens is 398 g/mol. The number of hydrogen-bond acceptors (Lipinski definition) is 4. The van der Waals surface area contributed by atoms with Crippen molar-refractivity contribution < 1.29 is 4.79 Å². The van der Waals surface area contributed by atoms with Crippen LogP contribution < -0.4 is 5.32 Å². The Bertz CT molecular complexity index is 1050. The summed E-state index contributed by atoms with van der Waals surface area (Å²) in [5.41, 5.74) is 4.23. The Labute approximate surface area is 190 Å². The second-order valence-electron chi connectivity index (χ2n) is 8.36. The monoisotopic (exact) mass is 429 g/mol. The van der Waals surface area contributed by atoms with E-state index in [-0.39, 0.29) is 5.91 Å². The van der Waals surface area contributed by atoms with Crippen LogP contribution >= 0.6 is 0 Å². The molecule has 2 heterocycles. The Hall–Kier alpha value is -3.22. The maximum Gasteiger partial charge on any atom is 0.239 e. The van der Waals surface area contributed by atoms with E-state index >= 15 is 0 Å². The molecule has 3 aromatic rings. The molecule has 1 saturated heterocycles. The van der Waals surface area contributed by atoms with E-state index < -0.39 is 0 Å². The molecule has 1 N–H and O–H groups in total. The summed E-state index contributed by atoms with van der Waals surface area (Å²) in [6.45, 7) is 9.03. The van der Waals surface area contributed by atoms with Gasteiger partial charge in [-0.05, 0) is 31.5 Å². The zero-order valence-electron chi connectivity index (χ0n) is 18.9. The van der Waals surface area contributed by atoms with Crippen molar-refractivity contribution in [3.8, 4) is 5.69 Å². The molecule has 0 saturated carbocycles. The first kappa shape index (κ1) is 22.0. The number of carbonyl (C=O) groups is 1. The fraction of sp³-hybridized carbons (Fsp3) is 0.308. The lowest BCUT2D eigenvalue weighted by Gasteiger charge is -2.33. The van der Waals surface area contributed by atoms with Crippen LogP contribution in [-0.4, -0.2) is 64.8 Å². The maximum absolute atomic E-state index is 12.7. The van der Waals surface area contributed by atoms with Crippen molar-refractivity contribution in [3.05, 3.63) is 83.6 Å². The summed E-state index contributed by atoms with van der Waals surface area (Å²) in [6, 6.07) is 20.4. The van der Waals surface area contributed by atoms with Gasteiger partial charge in [-0.2, -0.15) is 5.10 Å². The van der Waals surface area contributed by atoms with Crippen LogP contribution in [0.2, 0.25) is 0 Å². The molecule has 1 fully saturated rings. The molecule has 1 aliphatic heterocycles. The molecule has 166 valence electrons. The molecule has 1 aliphatic rings. The van der Waals surface area contributed by atoms with Gasteiger partial charge in [0.1, 0.15) is 5.82 Å². The fourth-order valence-electron chi connectivity index (χ4n) is 3.89. The number of hydrogen-bond donors (Lipinski definition) is 1. The summed E-state index contributed by atoms with van der Waals surface area (Å²) in [5.74, 6) is 0.705. The van der Waals surface area contributed by atoms with Crippen LogP contribution in [0.15, 0.2) is 66.7 Å². The average molecular weight is 430 g/mol. The summed E-state index contributed by atoms with van der Waals surface area (Å²) >= 11 is 0. The summed E-state index contributed by atoms with van der Waals surface area (Å²) in [6.07, 6.45) is 4.38. The molecule has 0 radical (unpaired) electrons. The Morgan fingerprint density at radius 2 is 1.66 bits per heavy atom. The minimum atomic E-state index is -0.00400. The van der Waals surface area contributed by atoms with Crippen LogP contribution in [0.3, 0.4) is 0 Å². The Kier molecular flexibility index (Phi) is 7.14. The average Bonchev–Trinajstić information content (AvgIpc) is 3.16. The van der Waals surface area contributed by atoms with E-state index in [0.29, 0.717) is 12.4 Å². The van der Waals surface area contributed by atoms with E-state index in [4.69, 9.17) is 0 Å². The zero-order chi connectivity index (χ0) is 22.3. The predicted molar refractivity (Wildman–Crippen MR) is 130 cm³/mol. The molecule has 1 aromatic heterocycles. The van der Waals surface area contributed by atoms with Gasteiger partial charge in [0.2, 0.25) is 5.91 Å². The number of piperazine rings is 1. The van der Waals surface area contributed by atoms with Crippen molar-refractivity contribution in [1.29, 1.82) is 0 Å². The lowest BCUT2D eigenvalue weighted by molar-refractivity contribution is -0.117. The first-order chi connectivity index (χ1) is 15.6. The van der Waals surface area contributed by atoms with Gasteiger partial charge in [0.05, 0.1) is 17.9 Å². The van der Waals surface area contributed by atoms with Crippen molar-refractivity contribution in [1.82, 2.24) is 19.6 Å². The molecule has 6 heteroatoms. The summed E-state index contributed by atoms with van der Waals surface area (Å²) in [4.78, 5) is 17.4. The molecule has 0 spiro atoms. The van der Waals surface area contributed by atoms with Crippen molar-refractivity contribution in [2.75, 3.05) is 44.6 Å². The van der Waals surface area contributed by atoms with Crippen LogP contribution in [0.4, 0.5) is 5.82 Å². The minimum Gasteiger partial charge on any atom is -0.309 e. The highest BCUT2D eigenvalue weighted by atomic mass is 16.2. The van der Waals surface area contributed by atoms with Gasteiger partial charge in [0, 0.05) is 38.8 Å². The highest BCUT2D eigenvalue weighted by Gasteiger charge is 2.19. The maximum atomic E-state index is 12.7. The van der Waals surface area contributed by atoms with E-state index in [9.17, 15) is 4.79 Å². The van der Waals surface area contributed by atoms with Gasteiger partial charge in [-0.3, -0.25) is 14.6 Å². The summed E-state index contributed by atoms with van der Waals surface area (Å²) in [5, 5.41) is 7.60. The Morgan fingerprint density at radius 3 is 2.38 bits per heavy atom. The van der Waals surface area contributed by atoms with Crippen LogP contribution in [0.1, 0.15) is 16.8 Å². The van der Waals surface area contributed by atoms with E-state index in [1.54, 1.807) is 4.68 Å². The second kappa shape index (κ2) is 10.4. The number of amides is 1. The second-order valence-corrected chi connectivity index (χ2v) is 8.36. The lowest BCUT2D eigenvalue weighted by Crippen LogP contribution is -2.48. The molecule has 0 atom stereocenters. The summed E-state index contributed by atoms with van der Waals surface area (Å²) < 4.78 is 1.80. The van der Waals surface area contributed by atoms with E-state index in [2.05, 4.69) is 63.6 Å². The number of benzene rings is 2. The largest absolute Gasteiger partial charge is 0.309 e. The van der Waals surface area contributed by atoms with E-state index in [1.165, 1.54) is 11.1 Å². The molecule has 2 aromatic carbocycles. The van der Waals surface area contributed by atoms with Crippen molar-refractivity contribution >= 4 is 17.8 Å². The van der Waals surface area contributed by atoms with Crippen LogP contribution in [0, 0.1) is 13.8 Å². The molecule has 0 aliphatic carbocycles. The quantitative estimate of drug-likeness (QED) is 0.621. The third-order valence-electron chi connectivity index (χ3n) is 5.68. The standard InChI is InChI=1S/C26H31N5O/c1-21-10-12-24(13-11-21)31-25(19-22(2)28-31)27-26(32)20-30-17-15-29(16-18-30)14-6-9-23-7-4-3-5-8-23/h3-13,19H,14-18,20H2,1-2H3,(H,27,32)/b9-6+. The van der Waals surface area contributed by atoms with Gasteiger partial charge in [0.25, 0.3) is 0 Å². The normalized spacial score (nSPS) is 15.3. The number of aryl methyl sites for hydroxylation is 2. The third kappa shape index (κ3) is 5.93. The van der Waals surface area contributed by atoms with E-state index in [1.807, 2.05) is 43.3 Å². The van der Waals surface area contributed by atoms with E-state index in [0.717, 1.165) is 44.1 Å². The molecule has 6 nitrogen and oxygen atoms in total. The van der Waals surface area contributed by atoms with Crippen LogP contribution in [0.25, 0.3) is 11.8 Å². The first-order valence-corrected chi connectivity index (χ1v) is 11.2.